The number of fused-ring (bicyclic) bond motifs is 1. The Hall–Kier alpha value is -3.02. The van der Waals surface area contributed by atoms with Crippen LogP contribution in [0.2, 0.25) is 5.02 Å². The number of alkyl halides is 3. The molecule has 172 valence electrons. The predicted octanol–water partition coefficient (Wildman–Crippen LogP) is 5.46. The summed E-state index contributed by atoms with van der Waals surface area (Å²) < 4.78 is 70.4. The number of hydrogen-bond donors (Lipinski definition) is 1. The fourth-order valence-corrected chi connectivity index (χ4v) is 5.38. The first-order valence-corrected chi connectivity index (χ1v) is 11.9. The fraction of sp³-hybridized carbons (Fsp3) is 0.0952. The minimum Gasteiger partial charge on any atom is -0.406 e. The van der Waals surface area contributed by atoms with Crippen LogP contribution in [0.3, 0.4) is 0 Å². The van der Waals surface area contributed by atoms with Gasteiger partial charge in [-0.15, -0.1) is 13.2 Å². The molecule has 1 heterocycles. The van der Waals surface area contributed by atoms with Crippen molar-refractivity contribution in [3.05, 3.63) is 87.0 Å². The number of rotatable bonds is 6. The van der Waals surface area contributed by atoms with Gasteiger partial charge in [-0.3, -0.25) is 14.1 Å². The summed E-state index contributed by atoms with van der Waals surface area (Å²) in [6.45, 7) is 0.231. The highest BCUT2D eigenvalue weighted by molar-refractivity contribution is 7.92. The first-order valence-electron chi connectivity index (χ1n) is 9.27. The second-order valence-corrected chi connectivity index (χ2v) is 9.94. The van der Waals surface area contributed by atoms with Crippen LogP contribution in [-0.4, -0.2) is 19.3 Å². The van der Waals surface area contributed by atoms with E-state index in [4.69, 9.17) is 11.6 Å². The number of thiazole rings is 1. The Balaban J connectivity index is 1.59. The lowest BCUT2D eigenvalue weighted by Crippen LogP contribution is -2.17. The molecule has 0 radical (unpaired) electrons. The molecule has 33 heavy (non-hydrogen) atoms. The molecule has 0 saturated carbocycles. The monoisotopic (exact) mass is 514 g/mol. The zero-order valence-electron chi connectivity index (χ0n) is 16.5. The Morgan fingerprint density at radius 2 is 1.73 bits per heavy atom. The van der Waals surface area contributed by atoms with Crippen LogP contribution in [0, 0.1) is 0 Å². The number of sulfonamides is 1. The summed E-state index contributed by atoms with van der Waals surface area (Å²) in [5.41, 5.74) is 1.35. The largest absolute Gasteiger partial charge is 0.573 e. The van der Waals surface area contributed by atoms with Gasteiger partial charge in [-0.05, 0) is 54.1 Å². The quantitative estimate of drug-likeness (QED) is 0.370. The lowest BCUT2D eigenvalue weighted by atomic mass is 10.2. The zero-order chi connectivity index (χ0) is 23.8. The van der Waals surface area contributed by atoms with E-state index in [1.54, 1.807) is 24.3 Å². The molecule has 0 spiro atoms. The second-order valence-electron chi connectivity index (χ2n) is 6.85. The first kappa shape index (κ1) is 23.1. The number of ether oxygens (including phenoxy) is 1. The maximum Gasteiger partial charge on any atom is 0.573 e. The molecule has 12 heteroatoms. The van der Waals surface area contributed by atoms with E-state index in [2.05, 4.69) is 9.46 Å². The van der Waals surface area contributed by atoms with Crippen molar-refractivity contribution >= 4 is 48.9 Å². The van der Waals surface area contributed by atoms with Gasteiger partial charge in [0, 0.05) is 10.7 Å². The fourth-order valence-electron chi connectivity index (χ4n) is 3.10. The van der Waals surface area contributed by atoms with Gasteiger partial charge in [-0.1, -0.05) is 41.1 Å². The minimum atomic E-state index is -4.85. The molecule has 0 atom stereocenters. The minimum absolute atomic E-state index is 0.0501. The van der Waals surface area contributed by atoms with Gasteiger partial charge in [0.15, 0.2) is 0 Å². The van der Waals surface area contributed by atoms with E-state index in [0.29, 0.717) is 15.2 Å². The first-order chi connectivity index (χ1) is 15.5. The molecule has 0 saturated heterocycles. The lowest BCUT2D eigenvalue weighted by molar-refractivity contribution is -0.274. The van der Waals surface area contributed by atoms with Gasteiger partial charge in [0.25, 0.3) is 10.0 Å². The average molecular weight is 515 g/mol. The van der Waals surface area contributed by atoms with Crippen LogP contribution in [0.4, 0.5) is 18.9 Å². The van der Waals surface area contributed by atoms with E-state index in [0.717, 1.165) is 41.2 Å². The Labute approximate surface area is 194 Å². The van der Waals surface area contributed by atoms with Crippen LogP contribution >= 0.6 is 22.9 Å². The molecule has 4 aromatic rings. The molecule has 0 fully saturated rings. The van der Waals surface area contributed by atoms with Crippen molar-refractivity contribution in [3.8, 4) is 5.75 Å². The van der Waals surface area contributed by atoms with Gasteiger partial charge in [-0.25, -0.2) is 8.42 Å². The smallest absolute Gasteiger partial charge is 0.406 e. The summed E-state index contributed by atoms with van der Waals surface area (Å²) in [4.78, 5) is 12.1. The Morgan fingerprint density at radius 1 is 1.03 bits per heavy atom. The van der Waals surface area contributed by atoms with Crippen molar-refractivity contribution in [1.29, 1.82) is 0 Å². The topological polar surface area (TPSA) is 77.4 Å². The Morgan fingerprint density at radius 3 is 2.39 bits per heavy atom. The van der Waals surface area contributed by atoms with E-state index >= 15 is 0 Å². The summed E-state index contributed by atoms with van der Waals surface area (Å²) in [5.74, 6) is -0.475. The summed E-state index contributed by atoms with van der Waals surface area (Å²) in [6, 6.07) is 15.6. The maximum absolute atomic E-state index is 12.8. The predicted molar refractivity (Wildman–Crippen MR) is 121 cm³/mol. The molecule has 0 aliphatic carbocycles. The van der Waals surface area contributed by atoms with Crippen molar-refractivity contribution in [2.45, 2.75) is 17.8 Å². The standard InChI is InChI=1S/C21H14ClF3N2O4S2/c22-17-4-2-1-3-13(17)12-27-18-10-9-16(11-19(18)32-20(27)28)33(29,30)26-14-5-7-15(8-6-14)31-21(23,24)25/h1-11,26H,12H2. The molecule has 3 aromatic carbocycles. The summed E-state index contributed by atoms with van der Waals surface area (Å²) in [6.07, 6.45) is -4.85. The maximum atomic E-state index is 12.8. The van der Waals surface area contributed by atoms with Gasteiger partial charge in [0.2, 0.25) is 0 Å². The molecule has 6 nitrogen and oxygen atoms in total. The van der Waals surface area contributed by atoms with Gasteiger partial charge in [0.1, 0.15) is 5.75 Å². The Bertz CT molecular complexity index is 1480. The van der Waals surface area contributed by atoms with Crippen LogP contribution in [0.1, 0.15) is 5.56 Å². The zero-order valence-corrected chi connectivity index (χ0v) is 18.9. The molecule has 0 aliphatic heterocycles. The molecule has 0 unspecified atom stereocenters. The van der Waals surface area contributed by atoms with Gasteiger partial charge >= 0.3 is 11.2 Å². The number of aromatic nitrogens is 1. The van der Waals surface area contributed by atoms with Crippen molar-refractivity contribution in [1.82, 2.24) is 4.57 Å². The molecule has 0 aliphatic rings. The number of hydrogen-bond acceptors (Lipinski definition) is 5. The van der Waals surface area contributed by atoms with Crippen molar-refractivity contribution in [3.63, 3.8) is 0 Å². The van der Waals surface area contributed by atoms with E-state index < -0.39 is 22.1 Å². The van der Waals surface area contributed by atoms with Crippen LogP contribution in [0.5, 0.6) is 5.75 Å². The van der Waals surface area contributed by atoms with Crippen LogP contribution in [0.15, 0.2) is 76.4 Å². The Kier molecular flexibility index (Phi) is 6.12. The highest BCUT2D eigenvalue weighted by atomic mass is 35.5. The molecule has 0 amide bonds. The normalized spacial score (nSPS) is 12.1. The number of anilines is 1. The third kappa shape index (κ3) is 5.32. The van der Waals surface area contributed by atoms with Gasteiger partial charge < -0.3 is 4.74 Å². The third-order valence-corrected chi connectivity index (χ3v) is 7.27. The second kappa shape index (κ2) is 8.73. The number of nitrogens with one attached hydrogen (secondary N) is 1. The molecular formula is C21H14ClF3N2O4S2. The molecule has 1 aromatic heterocycles. The van der Waals surface area contributed by atoms with E-state index in [9.17, 15) is 26.4 Å². The molecular weight excluding hydrogens is 501 g/mol. The van der Waals surface area contributed by atoms with Gasteiger partial charge in [-0.2, -0.15) is 0 Å². The number of halogens is 4. The SMILES string of the molecule is O=c1sc2cc(S(=O)(=O)Nc3ccc(OC(F)(F)F)cc3)ccc2n1Cc1ccccc1Cl. The highest BCUT2D eigenvalue weighted by Gasteiger charge is 2.31. The molecule has 0 bridgehead atoms. The van der Waals surface area contributed by atoms with Crippen LogP contribution < -0.4 is 14.3 Å². The number of benzene rings is 3. The summed E-state index contributed by atoms with van der Waals surface area (Å²) in [7, 11) is -4.06. The van der Waals surface area contributed by atoms with Crippen LogP contribution in [-0.2, 0) is 16.6 Å². The third-order valence-electron chi connectivity index (χ3n) is 4.58. The molecule has 1 N–H and O–H groups in total. The van der Waals surface area contributed by atoms with Gasteiger partial charge in [0.05, 0.1) is 21.7 Å². The van der Waals surface area contributed by atoms with Crippen molar-refractivity contribution in [2.24, 2.45) is 0 Å². The highest BCUT2D eigenvalue weighted by Crippen LogP contribution is 2.27. The van der Waals surface area contributed by atoms with Crippen molar-refractivity contribution in [2.75, 3.05) is 4.72 Å². The van der Waals surface area contributed by atoms with E-state index in [-0.39, 0.29) is 22.0 Å². The average Bonchev–Trinajstić information content (AvgIpc) is 3.04. The summed E-state index contributed by atoms with van der Waals surface area (Å²) in [5, 5.41) is 0.513. The van der Waals surface area contributed by atoms with Crippen molar-refractivity contribution < 1.29 is 26.3 Å². The summed E-state index contributed by atoms with van der Waals surface area (Å²) >= 11 is 7.08. The van der Waals surface area contributed by atoms with Crippen LogP contribution in [0.25, 0.3) is 10.2 Å². The van der Waals surface area contributed by atoms with E-state index in [1.807, 2.05) is 0 Å². The van der Waals surface area contributed by atoms with E-state index in [1.165, 1.54) is 22.8 Å². The molecule has 4 rings (SSSR count). The lowest BCUT2D eigenvalue weighted by Gasteiger charge is -2.11. The number of nitrogens with zero attached hydrogens (tertiary/aromatic N) is 1.